The van der Waals surface area contributed by atoms with E-state index in [9.17, 15) is 8.42 Å². The molecule has 11 heteroatoms. The quantitative estimate of drug-likeness (QED) is 0.525. The number of nitrogens with two attached hydrogens (primary N) is 1. The highest BCUT2D eigenvalue weighted by Gasteiger charge is 2.38. The van der Waals surface area contributed by atoms with Gasteiger partial charge < -0.3 is 15.4 Å². The Hall–Kier alpha value is -2.73. The Morgan fingerprint density at radius 2 is 1.89 bits per heavy atom. The molecule has 2 unspecified atom stereocenters. The van der Waals surface area contributed by atoms with Crippen molar-refractivity contribution in [3.05, 3.63) is 42.1 Å². The maximum Gasteiger partial charge on any atom is 0.211 e. The number of hydrogen-bond donors (Lipinski definition) is 1. The van der Waals surface area contributed by atoms with Gasteiger partial charge in [-0.1, -0.05) is 0 Å². The molecule has 10 nitrogen and oxygen atoms in total. The van der Waals surface area contributed by atoms with Crippen molar-refractivity contribution in [2.24, 2.45) is 5.92 Å². The van der Waals surface area contributed by atoms with Crippen LogP contribution in [0.1, 0.15) is 12.0 Å². The van der Waals surface area contributed by atoms with Crippen molar-refractivity contribution >= 4 is 27.0 Å². The van der Waals surface area contributed by atoms with Crippen LogP contribution in [0.2, 0.25) is 0 Å². The zero-order valence-electron chi connectivity index (χ0n) is 19.9. The topological polar surface area (TPSA) is 109 Å². The highest BCUT2D eigenvalue weighted by Crippen LogP contribution is 2.35. The van der Waals surface area contributed by atoms with Crippen LogP contribution in [0.25, 0.3) is 16.9 Å². The molecule has 186 valence electrons. The van der Waals surface area contributed by atoms with Gasteiger partial charge in [-0.25, -0.2) is 17.9 Å². The zero-order chi connectivity index (χ0) is 24.2. The minimum Gasteiger partial charge on any atom is -0.399 e. The Balaban J connectivity index is 1.33. The number of nitrogens with zero attached hydrogens (tertiary/aromatic N) is 6. The Labute approximate surface area is 205 Å². The Bertz CT molecular complexity index is 1330. The van der Waals surface area contributed by atoms with Crippen molar-refractivity contribution in [3.8, 4) is 11.4 Å². The first-order valence-electron chi connectivity index (χ1n) is 12.1. The van der Waals surface area contributed by atoms with Crippen LogP contribution in [0.3, 0.4) is 0 Å². The van der Waals surface area contributed by atoms with E-state index in [-0.39, 0.29) is 0 Å². The van der Waals surface area contributed by atoms with Gasteiger partial charge in [0.2, 0.25) is 10.0 Å². The molecule has 0 spiro atoms. The largest absolute Gasteiger partial charge is 0.399 e. The first-order valence-corrected chi connectivity index (χ1v) is 14.0. The first-order chi connectivity index (χ1) is 16.8. The summed E-state index contributed by atoms with van der Waals surface area (Å²) in [6.45, 7) is 5.68. The molecule has 3 aliphatic heterocycles. The SMILES string of the molecule is CS(=O)(=O)N1CCN(Cc2cc3c(N4CC5COCC4C5)nc(-c4ccc(N)cc4)nn3c2)CC1. The molecule has 1 aromatic carbocycles. The smallest absolute Gasteiger partial charge is 0.211 e. The third-order valence-electron chi connectivity index (χ3n) is 7.31. The molecular formula is C24H31N7O3S. The summed E-state index contributed by atoms with van der Waals surface area (Å²) in [5, 5.41) is 4.85. The highest BCUT2D eigenvalue weighted by atomic mass is 32.2. The first kappa shape index (κ1) is 22.7. The van der Waals surface area contributed by atoms with E-state index in [0.29, 0.717) is 49.7 Å². The van der Waals surface area contributed by atoms with E-state index in [1.165, 1.54) is 6.26 Å². The van der Waals surface area contributed by atoms with Crippen molar-refractivity contribution in [3.63, 3.8) is 0 Å². The lowest BCUT2D eigenvalue weighted by Crippen LogP contribution is -2.47. The van der Waals surface area contributed by atoms with Gasteiger partial charge in [0, 0.05) is 62.6 Å². The van der Waals surface area contributed by atoms with E-state index in [4.69, 9.17) is 20.6 Å². The predicted molar refractivity (Wildman–Crippen MR) is 135 cm³/mol. The summed E-state index contributed by atoms with van der Waals surface area (Å²) in [4.78, 5) is 9.74. The molecule has 2 aromatic heterocycles. The van der Waals surface area contributed by atoms with Crippen LogP contribution >= 0.6 is 0 Å². The van der Waals surface area contributed by atoms with Crippen molar-refractivity contribution in [2.75, 3.05) is 62.8 Å². The summed E-state index contributed by atoms with van der Waals surface area (Å²) in [5.74, 6) is 2.14. The lowest BCUT2D eigenvalue weighted by atomic mass is 10.1. The standard InChI is InChI=1S/C24H31N7O3S/c1-35(32,33)29-8-6-28(7-9-29)12-17-11-22-24(30-13-18-10-21(30)16-34-15-18)26-23(27-31(22)14-17)19-2-4-20(25)5-3-19/h2-5,11,14,18,21H,6-10,12-13,15-16,25H2,1H3. The number of sulfonamides is 1. The second-order valence-electron chi connectivity index (χ2n) is 9.94. The van der Waals surface area contributed by atoms with Crippen LogP contribution in [-0.2, 0) is 21.3 Å². The molecule has 6 rings (SSSR count). The van der Waals surface area contributed by atoms with E-state index in [2.05, 4.69) is 22.1 Å². The molecule has 2 atom stereocenters. The molecule has 2 N–H and O–H groups in total. The number of ether oxygens (including phenoxy) is 1. The molecule has 5 heterocycles. The maximum atomic E-state index is 11.8. The molecule has 3 aromatic rings. The molecule has 3 fully saturated rings. The number of anilines is 2. The van der Waals surface area contributed by atoms with Gasteiger partial charge in [0.1, 0.15) is 5.52 Å². The fourth-order valence-electron chi connectivity index (χ4n) is 5.49. The second kappa shape index (κ2) is 8.74. The van der Waals surface area contributed by atoms with Gasteiger partial charge in [0.15, 0.2) is 11.6 Å². The minimum atomic E-state index is -3.14. The number of rotatable bonds is 5. The fourth-order valence-corrected chi connectivity index (χ4v) is 6.32. The Morgan fingerprint density at radius 3 is 2.60 bits per heavy atom. The summed E-state index contributed by atoms with van der Waals surface area (Å²) in [6, 6.07) is 10.2. The van der Waals surface area contributed by atoms with Crippen LogP contribution in [0.4, 0.5) is 11.5 Å². The van der Waals surface area contributed by atoms with E-state index < -0.39 is 10.0 Å². The second-order valence-corrected chi connectivity index (χ2v) is 11.9. The average molecular weight is 498 g/mol. The van der Waals surface area contributed by atoms with Crippen molar-refractivity contribution in [1.82, 2.24) is 23.8 Å². The highest BCUT2D eigenvalue weighted by molar-refractivity contribution is 7.88. The van der Waals surface area contributed by atoms with Gasteiger partial charge in [-0.3, -0.25) is 4.90 Å². The predicted octanol–water partition coefficient (Wildman–Crippen LogP) is 1.28. The minimum absolute atomic E-state index is 0.328. The molecule has 2 bridgehead atoms. The number of aromatic nitrogens is 3. The number of fused-ring (bicyclic) bond motifs is 3. The Kier molecular flexibility index (Phi) is 5.67. The lowest BCUT2D eigenvalue weighted by Gasteiger charge is -2.32. The molecule has 0 saturated carbocycles. The molecule has 35 heavy (non-hydrogen) atoms. The van der Waals surface area contributed by atoms with Crippen molar-refractivity contribution < 1.29 is 13.2 Å². The normalized spacial score (nSPS) is 23.9. The summed E-state index contributed by atoms with van der Waals surface area (Å²) < 4.78 is 33.0. The number of piperazine rings is 1. The summed E-state index contributed by atoms with van der Waals surface area (Å²) in [6.07, 6.45) is 4.48. The van der Waals surface area contributed by atoms with E-state index in [1.54, 1.807) is 4.31 Å². The maximum absolute atomic E-state index is 11.8. The van der Waals surface area contributed by atoms with Crippen LogP contribution in [0.15, 0.2) is 36.5 Å². The third-order valence-corrected chi connectivity index (χ3v) is 8.62. The molecule has 3 aliphatic rings. The van der Waals surface area contributed by atoms with E-state index in [0.717, 1.165) is 55.2 Å². The van der Waals surface area contributed by atoms with Crippen molar-refractivity contribution in [1.29, 1.82) is 0 Å². The number of nitrogen functional groups attached to an aromatic ring is 1. The monoisotopic (exact) mass is 497 g/mol. The molecule has 0 amide bonds. The summed E-state index contributed by atoms with van der Waals surface area (Å²) in [7, 11) is -3.14. The van der Waals surface area contributed by atoms with Gasteiger partial charge in [-0.2, -0.15) is 4.31 Å². The molecule has 0 radical (unpaired) electrons. The average Bonchev–Trinajstić information content (AvgIpc) is 3.37. The summed E-state index contributed by atoms with van der Waals surface area (Å²) in [5.41, 5.74) is 9.66. The zero-order valence-corrected chi connectivity index (χ0v) is 20.7. The van der Waals surface area contributed by atoms with Gasteiger partial charge in [0.05, 0.1) is 25.5 Å². The van der Waals surface area contributed by atoms with Crippen molar-refractivity contribution in [2.45, 2.75) is 19.0 Å². The van der Waals surface area contributed by atoms with Crippen LogP contribution in [-0.4, -0.2) is 90.5 Å². The summed E-state index contributed by atoms with van der Waals surface area (Å²) >= 11 is 0. The fraction of sp³-hybridized carbons (Fsp3) is 0.500. The van der Waals surface area contributed by atoms with Gasteiger partial charge in [0.25, 0.3) is 0 Å². The van der Waals surface area contributed by atoms with Gasteiger partial charge in [-0.15, -0.1) is 5.10 Å². The lowest BCUT2D eigenvalue weighted by molar-refractivity contribution is 0.0701. The van der Waals surface area contributed by atoms with Crippen LogP contribution in [0, 0.1) is 5.92 Å². The third kappa shape index (κ3) is 4.49. The molecule has 3 saturated heterocycles. The molecular weight excluding hydrogens is 466 g/mol. The molecule has 0 aliphatic carbocycles. The Morgan fingerprint density at radius 1 is 1.11 bits per heavy atom. The van der Waals surface area contributed by atoms with E-state index in [1.807, 2.05) is 28.8 Å². The van der Waals surface area contributed by atoms with E-state index >= 15 is 0 Å². The van der Waals surface area contributed by atoms with Gasteiger partial charge >= 0.3 is 0 Å². The van der Waals surface area contributed by atoms with Crippen LogP contribution in [0.5, 0.6) is 0 Å². The van der Waals surface area contributed by atoms with Crippen LogP contribution < -0.4 is 10.6 Å². The number of benzene rings is 1. The van der Waals surface area contributed by atoms with Gasteiger partial charge in [-0.05, 0) is 42.3 Å². The number of hydrogen-bond acceptors (Lipinski definition) is 8.